The summed E-state index contributed by atoms with van der Waals surface area (Å²) in [4.78, 5) is 96.2. The summed E-state index contributed by atoms with van der Waals surface area (Å²) in [6.07, 6.45) is 1.61. The molecule has 25 nitrogen and oxygen atoms in total. The van der Waals surface area contributed by atoms with Gasteiger partial charge in [-0.2, -0.15) is 0 Å². The molecule has 1 aliphatic heterocycles. The summed E-state index contributed by atoms with van der Waals surface area (Å²) in [6, 6.07) is 15.2. The van der Waals surface area contributed by atoms with Crippen LogP contribution in [0.15, 0.2) is 54.6 Å². The molecule has 510 valence electrons. The Morgan fingerprint density at radius 1 is 0.587 bits per heavy atom. The molecule has 0 aliphatic carbocycles. The van der Waals surface area contributed by atoms with Crippen LogP contribution in [0.4, 0.5) is 4.79 Å². The van der Waals surface area contributed by atoms with Crippen LogP contribution in [0.25, 0.3) is 33.1 Å². The number of pyridine rings is 3. The fourth-order valence-electron chi connectivity index (χ4n) is 8.87. The van der Waals surface area contributed by atoms with Gasteiger partial charge in [0.25, 0.3) is 5.91 Å². The molecular formula is C67H102N10O15. The van der Waals surface area contributed by atoms with Crippen molar-refractivity contribution in [2.75, 3.05) is 65.8 Å². The van der Waals surface area contributed by atoms with Gasteiger partial charge in [-0.3, -0.25) is 4.79 Å². The Hall–Kier alpha value is -8.00. The topological polar surface area (TPSA) is 356 Å². The zero-order chi connectivity index (χ0) is 69.7. The van der Waals surface area contributed by atoms with Gasteiger partial charge in [0.1, 0.15) is 39.6 Å². The fourth-order valence-corrected chi connectivity index (χ4v) is 8.87. The number of fused-ring (bicyclic) bond motifs is 5. The number of nitrogens with two attached hydrogens (primary N) is 2. The predicted octanol–water partition coefficient (Wildman–Crippen LogP) is 9.59. The summed E-state index contributed by atoms with van der Waals surface area (Å²) in [5.41, 5.74) is 13.3. The third-order valence-corrected chi connectivity index (χ3v) is 14.1. The lowest BCUT2D eigenvalue weighted by atomic mass is 9.88. The Kier molecular flexibility index (Phi) is 29.0. The molecule has 9 N–H and O–H groups in total. The first-order valence-corrected chi connectivity index (χ1v) is 31.1. The van der Waals surface area contributed by atoms with Gasteiger partial charge in [-0.1, -0.05) is 82.6 Å². The summed E-state index contributed by atoms with van der Waals surface area (Å²) in [6.45, 7) is 39.6. The van der Waals surface area contributed by atoms with Crippen molar-refractivity contribution >= 4 is 74.9 Å². The number of aliphatic hydroxyl groups excluding tert-OH is 2. The number of carbonyl (C=O) groups excluding carboxylic acids is 6. The van der Waals surface area contributed by atoms with E-state index in [4.69, 9.17) is 50.5 Å². The second-order valence-corrected chi connectivity index (χ2v) is 27.2. The molecule has 2 amide bonds. The molecule has 6 aromatic rings. The standard InChI is InChI=1S/C20H28N2O4.C18H25N3O4.C14H15N3O3.C10H21NO3.C5H13NO/c1-6-11-20(4,5)13-22-16(19(24)26-8-3)12-14-9-10-15(21-17(14)22)18(23)25-7-2;1-5-24-16(22)13-8-7-12-9-14(17(23)25-6-2)21(15(12)20-13)11-18(3,4)10-19;1-14(2)6-15-12(18)10-5-8-3-4-9(13(19)20)16-11(8)17(10)7-14;1-9(2,3)14-8(13)11-6-10(4,5)7-12;1-5(2,3-6)4-7/h9-10,12H,6-8,11,13H2,1-5H3;7-9H,5-6,10-11,19H2,1-4H3;3-5H,6-7H2,1-2H3,(H,15,18)(H,19,20);12H,6-7H2,1-5H3,(H,11,13);7H,3-4,6H2,1-2H3. The number of carboxylic acid groups (broad SMARTS) is 1. The molecule has 7 rings (SSSR count). The first-order chi connectivity index (χ1) is 42.8. The number of alkyl carbamates (subject to hydrolysis) is 1. The molecule has 0 saturated heterocycles. The van der Waals surface area contributed by atoms with Crippen molar-refractivity contribution in [3.8, 4) is 0 Å². The maximum atomic E-state index is 12.4. The van der Waals surface area contributed by atoms with Crippen molar-refractivity contribution in [3.05, 3.63) is 88.8 Å². The van der Waals surface area contributed by atoms with E-state index in [0.29, 0.717) is 86.4 Å². The van der Waals surface area contributed by atoms with E-state index in [1.165, 1.54) is 6.07 Å². The Balaban J connectivity index is 0.000000315. The van der Waals surface area contributed by atoms with Crippen LogP contribution in [0, 0.1) is 27.1 Å². The molecule has 92 heavy (non-hydrogen) atoms. The molecule has 0 radical (unpaired) electrons. The van der Waals surface area contributed by atoms with Gasteiger partial charge in [0.05, 0.1) is 26.4 Å². The molecule has 25 heteroatoms. The first kappa shape index (κ1) is 78.2. The number of aliphatic hydroxyl groups is 2. The van der Waals surface area contributed by atoms with Gasteiger partial charge >= 0.3 is 35.9 Å². The summed E-state index contributed by atoms with van der Waals surface area (Å²) in [7, 11) is 0. The molecule has 7 heterocycles. The molecule has 0 unspecified atom stereocenters. The molecular weight excluding hydrogens is 1180 g/mol. The van der Waals surface area contributed by atoms with Gasteiger partial charge in [-0.15, -0.1) is 0 Å². The Bertz CT molecular complexity index is 3470. The van der Waals surface area contributed by atoms with Crippen molar-refractivity contribution in [1.82, 2.24) is 39.3 Å². The lowest BCUT2D eigenvalue weighted by molar-refractivity contribution is 0.0481. The molecule has 0 spiro atoms. The zero-order valence-electron chi connectivity index (χ0n) is 57.4. The molecule has 6 aromatic heterocycles. The van der Waals surface area contributed by atoms with Gasteiger partial charge < -0.3 is 74.8 Å². The first-order valence-electron chi connectivity index (χ1n) is 31.1. The maximum absolute atomic E-state index is 12.4. The quantitative estimate of drug-likeness (QED) is 0.0260. The highest BCUT2D eigenvalue weighted by Gasteiger charge is 2.31. The average Bonchev–Trinajstić information content (AvgIpc) is 1.64. The number of hydrogen-bond acceptors (Lipinski definition) is 19. The molecule has 0 fully saturated rings. The highest BCUT2D eigenvalue weighted by molar-refractivity contribution is 6.00. The smallest absolute Gasteiger partial charge is 0.407 e. The number of hydrogen-bond donors (Lipinski definition) is 7. The third kappa shape index (κ3) is 23.6. The van der Waals surface area contributed by atoms with Crippen molar-refractivity contribution in [2.24, 2.45) is 38.5 Å². The molecule has 1 aliphatic rings. The number of nitrogens with one attached hydrogen (secondary N) is 2. The van der Waals surface area contributed by atoms with E-state index < -0.39 is 35.6 Å². The normalized spacial score (nSPS) is 13.0. The number of carboxylic acids is 1. The number of rotatable bonds is 21. The van der Waals surface area contributed by atoms with E-state index in [9.17, 15) is 33.6 Å². The second kappa shape index (κ2) is 34.1. The maximum Gasteiger partial charge on any atom is 0.407 e. The van der Waals surface area contributed by atoms with Crippen LogP contribution in [0.1, 0.15) is 200 Å². The third-order valence-electron chi connectivity index (χ3n) is 14.1. The Morgan fingerprint density at radius 3 is 1.39 bits per heavy atom. The highest BCUT2D eigenvalue weighted by Crippen LogP contribution is 2.31. The van der Waals surface area contributed by atoms with E-state index in [2.05, 4.69) is 60.2 Å². The summed E-state index contributed by atoms with van der Waals surface area (Å²) in [5.74, 6) is -2.98. The van der Waals surface area contributed by atoms with Crippen LogP contribution in [0.3, 0.4) is 0 Å². The van der Waals surface area contributed by atoms with Crippen LogP contribution in [-0.2, 0) is 43.3 Å². The van der Waals surface area contributed by atoms with Gasteiger partial charge in [0.2, 0.25) is 0 Å². The lowest BCUT2D eigenvalue weighted by Crippen LogP contribution is -2.39. The van der Waals surface area contributed by atoms with Gasteiger partial charge in [0.15, 0.2) is 17.1 Å². The van der Waals surface area contributed by atoms with E-state index in [1.807, 2.05) is 71.4 Å². The number of esters is 4. The Labute approximate surface area is 540 Å². The van der Waals surface area contributed by atoms with Gasteiger partial charge in [-0.25, -0.2) is 43.7 Å². The van der Waals surface area contributed by atoms with E-state index in [0.717, 1.165) is 29.0 Å². The minimum Gasteiger partial charge on any atom is -0.477 e. The lowest BCUT2D eigenvalue weighted by Gasteiger charge is -2.26. The minimum atomic E-state index is -1.07. The van der Waals surface area contributed by atoms with E-state index in [1.54, 1.807) is 80.8 Å². The number of ether oxygens (including phenoxy) is 5. The van der Waals surface area contributed by atoms with Crippen LogP contribution in [-0.4, -0.2) is 157 Å². The van der Waals surface area contributed by atoms with Crippen LogP contribution >= 0.6 is 0 Å². The monoisotopic (exact) mass is 1290 g/mol. The Morgan fingerprint density at radius 2 is 1.00 bits per heavy atom. The molecule has 0 bridgehead atoms. The molecule has 0 saturated carbocycles. The number of nitrogens with zero attached hydrogens (tertiary/aromatic N) is 6. The van der Waals surface area contributed by atoms with Crippen molar-refractivity contribution in [3.63, 3.8) is 0 Å². The van der Waals surface area contributed by atoms with Crippen LogP contribution in [0.2, 0.25) is 0 Å². The number of aromatic carboxylic acids is 1. The van der Waals surface area contributed by atoms with Crippen LogP contribution in [0.5, 0.6) is 0 Å². The van der Waals surface area contributed by atoms with Crippen molar-refractivity contribution < 1.29 is 72.6 Å². The van der Waals surface area contributed by atoms with Crippen LogP contribution < -0.4 is 22.1 Å². The van der Waals surface area contributed by atoms with Gasteiger partial charge in [-0.05, 0) is 133 Å². The van der Waals surface area contributed by atoms with E-state index >= 15 is 0 Å². The highest BCUT2D eigenvalue weighted by atomic mass is 16.6. The predicted molar refractivity (Wildman–Crippen MR) is 353 cm³/mol. The molecule has 0 atom stereocenters. The van der Waals surface area contributed by atoms with E-state index in [-0.39, 0.29) is 89.1 Å². The summed E-state index contributed by atoms with van der Waals surface area (Å²) < 4.78 is 30.9. The number of aromatic nitrogens is 6. The molecule has 0 aromatic carbocycles. The number of carbonyl (C=O) groups is 7. The fraction of sp³-hybridized carbons (Fsp3) is 0.582. The number of amides is 2. The largest absolute Gasteiger partial charge is 0.477 e. The minimum absolute atomic E-state index is 0.0131. The van der Waals surface area contributed by atoms with Gasteiger partial charge in [0, 0.05) is 78.3 Å². The SMILES string of the molecule is CC(C)(CN)CO.CC(C)(CO)CNC(=O)OC(C)(C)C.CC1(C)CNC(=O)c2cc3ccc(C(=O)O)nc3n2C1.CCCC(C)(C)Cn1c(C(=O)OCC)cc2ccc(C(=O)OCC)nc21.CCOC(=O)c1ccc2cc(C(=O)OCC)n(CC(C)(C)CN)c2n1. The second-order valence-electron chi connectivity index (χ2n) is 27.2. The summed E-state index contributed by atoms with van der Waals surface area (Å²) in [5, 5.41) is 34.3. The summed E-state index contributed by atoms with van der Waals surface area (Å²) >= 11 is 0. The van der Waals surface area contributed by atoms with Crippen molar-refractivity contribution in [1.29, 1.82) is 0 Å². The average molecular weight is 1290 g/mol. The van der Waals surface area contributed by atoms with Crippen molar-refractivity contribution in [2.45, 2.75) is 163 Å². The zero-order valence-corrected chi connectivity index (χ0v) is 57.4.